The third-order valence-electron chi connectivity index (χ3n) is 8.23. The molecule has 2 atom stereocenters. The molecule has 1 aromatic rings. The summed E-state index contributed by atoms with van der Waals surface area (Å²) in [5.74, 6) is -2.88. The van der Waals surface area contributed by atoms with Crippen molar-refractivity contribution in [1.82, 2.24) is 10.2 Å². The first-order chi connectivity index (χ1) is 17.1. The summed E-state index contributed by atoms with van der Waals surface area (Å²) in [5, 5.41) is 2.78. The number of ketones is 1. The molecule has 2 saturated carbocycles. The molecule has 3 aliphatic rings. The Morgan fingerprint density at radius 3 is 2.42 bits per heavy atom. The van der Waals surface area contributed by atoms with Crippen LogP contribution in [0.15, 0.2) is 18.2 Å². The van der Waals surface area contributed by atoms with Gasteiger partial charge in [0.1, 0.15) is 11.2 Å². The molecule has 200 valence electrons. The SMILES string of the molecule is CCC(=O)[C@H](NC(=O)c1cccc(C2CCCN(C(=O)C3(C(F)(F)F)CC3)C2)c1F)C1CCCCC1.[HH]. The molecule has 2 amide bonds. The number of nitrogens with one attached hydrogen (secondary N) is 1. The molecule has 0 bridgehead atoms. The van der Waals surface area contributed by atoms with Crippen LogP contribution in [0.25, 0.3) is 0 Å². The predicted octanol–water partition coefficient (Wildman–Crippen LogP) is 5.78. The van der Waals surface area contributed by atoms with E-state index in [1.54, 1.807) is 13.0 Å². The molecular formula is C27H36F4N2O3. The summed E-state index contributed by atoms with van der Waals surface area (Å²) in [6, 6.07) is 3.77. The lowest BCUT2D eigenvalue weighted by Crippen LogP contribution is -2.48. The third-order valence-corrected chi connectivity index (χ3v) is 8.23. The Hall–Kier alpha value is -2.45. The second kappa shape index (κ2) is 10.5. The van der Waals surface area contributed by atoms with Gasteiger partial charge in [-0.3, -0.25) is 14.4 Å². The van der Waals surface area contributed by atoms with E-state index in [9.17, 15) is 27.6 Å². The Balaban J connectivity index is 0.00000380. The topological polar surface area (TPSA) is 66.5 Å². The molecule has 5 nitrogen and oxygen atoms in total. The summed E-state index contributed by atoms with van der Waals surface area (Å²) < 4.78 is 56.0. The minimum Gasteiger partial charge on any atom is -0.342 e. The fourth-order valence-electron chi connectivity index (χ4n) is 5.87. The number of carbonyl (C=O) groups excluding carboxylic acids is 3. The zero-order valence-electron chi connectivity index (χ0n) is 20.6. The maximum absolute atomic E-state index is 15.6. The number of amides is 2. The lowest BCUT2D eigenvalue weighted by molar-refractivity contribution is -0.199. The fourth-order valence-corrected chi connectivity index (χ4v) is 5.87. The molecule has 4 rings (SSSR count). The van der Waals surface area contributed by atoms with Gasteiger partial charge in [0.25, 0.3) is 5.91 Å². The standard InChI is InChI=1S/C27H34F4N2O3.H2/c1-2-21(34)23(17-8-4-3-5-9-17)32-24(35)20-12-6-11-19(22(20)28)18-10-7-15-33(16-18)25(36)26(13-14-26)27(29,30)31;/h6,11-12,17-18,23H,2-5,7-10,13-16H2,1H3,(H,32,35);1H/t18?,23-;/m1./s1. The van der Waals surface area contributed by atoms with Gasteiger partial charge in [0.05, 0.1) is 11.6 Å². The van der Waals surface area contributed by atoms with Crippen molar-refractivity contribution in [3.8, 4) is 0 Å². The molecule has 36 heavy (non-hydrogen) atoms. The highest BCUT2D eigenvalue weighted by atomic mass is 19.4. The lowest BCUT2D eigenvalue weighted by Gasteiger charge is -2.36. The van der Waals surface area contributed by atoms with E-state index >= 15 is 4.39 Å². The number of halogens is 4. The van der Waals surface area contributed by atoms with Gasteiger partial charge in [0, 0.05) is 26.9 Å². The Bertz CT molecular complexity index is 1010. The zero-order valence-corrected chi connectivity index (χ0v) is 20.6. The summed E-state index contributed by atoms with van der Waals surface area (Å²) in [4.78, 5) is 39.7. The van der Waals surface area contributed by atoms with Crippen molar-refractivity contribution < 1.29 is 33.4 Å². The molecule has 1 heterocycles. The van der Waals surface area contributed by atoms with Crippen molar-refractivity contribution in [2.45, 2.75) is 89.3 Å². The first-order valence-corrected chi connectivity index (χ1v) is 13.1. The van der Waals surface area contributed by atoms with Gasteiger partial charge in [0.15, 0.2) is 5.78 Å². The quantitative estimate of drug-likeness (QED) is 0.471. The Labute approximate surface area is 210 Å². The zero-order chi connectivity index (χ0) is 26.1. The van der Waals surface area contributed by atoms with Crippen LogP contribution in [0, 0.1) is 17.2 Å². The normalized spacial score (nSPS) is 23.1. The van der Waals surface area contributed by atoms with Crippen LogP contribution >= 0.6 is 0 Å². The maximum Gasteiger partial charge on any atom is 0.403 e. The monoisotopic (exact) mass is 512 g/mol. The minimum absolute atomic E-state index is 0. The van der Waals surface area contributed by atoms with E-state index in [2.05, 4.69) is 5.32 Å². The van der Waals surface area contributed by atoms with Gasteiger partial charge in [0.2, 0.25) is 5.91 Å². The first-order valence-electron chi connectivity index (χ1n) is 13.1. The third kappa shape index (κ3) is 5.16. The molecule has 9 heteroatoms. The molecule has 1 aliphatic heterocycles. The minimum atomic E-state index is -4.59. The van der Waals surface area contributed by atoms with Crippen LogP contribution in [0.3, 0.4) is 0 Å². The van der Waals surface area contributed by atoms with Crippen molar-refractivity contribution in [3.05, 3.63) is 35.1 Å². The van der Waals surface area contributed by atoms with Gasteiger partial charge in [-0.25, -0.2) is 4.39 Å². The van der Waals surface area contributed by atoms with Gasteiger partial charge in [-0.2, -0.15) is 13.2 Å². The largest absolute Gasteiger partial charge is 0.403 e. The number of hydrogen-bond donors (Lipinski definition) is 1. The number of carbonyl (C=O) groups is 3. The molecule has 0 aromatic heterocycles. The molecule has 1 unspecified atom stereocenters. The Morgan fingerprint density at radius 1 is 1.11 bits per heavy atom. The predicted molar refractivity (Wildman–Crippen MR) is 128 cm³/mol. The average molecular weight is 513 g/mol. The molecule has 3 fully saturated rings. The Kier molecular flexibility index (Phi) is 7.76. The van der Waals surface area contributed by atoms with Crippen molar-refractivity contribution in [3.63, 3.8) is 0 Å². The summed E-state index contributed by atoms with van der Waals surface area (Å²) in [7, 11) is 0. The van der Waals surface area contributed by atoms with Crippen molar-refractivity contribution in [2.75, 3.05) is 13.1 Å². The number of benzene rings is 1. The molecular weight excluding hydrogens is 476 g/mol. The molecule has 0 spiro atoms. The number of piperidine rings is 1. The van der Waals surface area contributed by atoms with E-state index in [0.717, 1.165) is 32.1 Å². The fraction of sp³-hybridized carbons (Fsp3) is 0.667. The molecule has 1 saturated heterocycles. The van der Waals surface area contributed by atoms with Crippen LogP contribution in [0.4, 0.5) is 17.6 Å². The van der Waals surface area contributed by atoms with Crippen LogP contribution in [-0.4, -0.2) is 47.8 Å². The number of nitrogens with zero attached hydrogens (tertiary/aromatic N) is 1. The first kappa shape index (κ1) is 26.6. The van der Waals surface area contributed by atoms with Crippen molar-refractivity contribution in [1.29, 1.82) is 0 Å². The number of Topliss-reactive ketones (excluding diaryl/α,β-unsaturated/α-hetero) is 1. The van der Waals surface area contributed by atoms with Gasteiger partial charge in [-0.05, 0) is 56.1 Å². The van der Waals surface area contributed by atoms with Crippen LogP contribution in [0.1, 0.15) is 94.4 Å². The molecule has 1 aromatic carbocycles. The number of likely N-dealkylation sites (tertiary alicyclic amines) is 1. The van der Waals surface area contributed by atoms with Gasteiger partial charge >= 0.3 is 6.18 Å². The second-order valence-electron chi connectivity index (χ2n) is 10.5. The number of hydrogen-bond acceptors (Lipinski definition) is 3. The van der Waals surface area contributed by atoms with E-state index in [-0.39, 0.29) is 56.6 Å². The van der Waals surface area contributed by atoms with Crippen LogP contribution in [0.2, 0.25) is 0 Å². The summed E-state index contributed by atoms with van der Waals surface area (Å²) in [6.07, 6.45) is 0.973. The van der Waals surface area contributed by atoms with Gasteiger partial charge in [-0.15, -0.1) is 0 Å². The van der Waals surface area contributed by atoms with E-state index in [0.29, 0.717) is 12.8 Å². The van der Waals surface area contributed by atoms with Crippen molar-refractivity contribution in [2.24, 2.45) is 11.3 Å². The smallest absolute Gasteiger partial charge is 0.342 e. The highest BCUT2D eigenvalue weighted by Gasteiger charge is 2.69. The van der Waals surface area contributed by atoms with E-state index in [1.807, 2.05) is 0 Å². The van der Waals surface area contributed by atoms with E-state index < -0.39 is 41.2 Å². The number of alkyl halides is 3. The van der Waals surface area contributed by atoms with E-state index in [4.69, 9.17) is 0 Å². The van der Waals surface area contributed by atoms with Crippen molar-refractivity contribution >= 4 is 17.6 Å². The van der Waals surface area contributed by atoms with Crippen LogP contribution < -0.4 is 5.32 Å². The summed E-state index contributed by atoms with van der Waals surface area (Å²) in [5.41, 5.74) is -2.27. The maximum atomic E-state index is 15.6. The second-order valence-corrected chi connectivity index (χ2v) is 10.5. The van der Waals surface area contributed by atoms with Gasteiger partial charge in [-0.1, -0.05) is 38.3 Å². The highest BCUT2D eigenvalue weighted by Crippen LogP contribution is 2.59. The molecule has 2 aliphatic carbocycles. The molecule has 0 radical (unpaired) electrons. The number of rotatable bonds is 7. The summed E-state index contributed by atoms with van der Waals surface area (Å²) >= 11 is 0. The summed E-state index contributed by atoms with van der Waals surface area (Å²) in [6.45, 7) is 1.93. The average Bonchev–Trinajstić information content (AvgIpc) is 3.69. The van der Waals surface area contributed by atoms with Crippen LogP contribution in [0.5, 0.6) is 0 Å². The Morgan fingerprint density at radius 2 is 1.81 bits per heavy atom. The van der Waals surface area contributed by atoms with Gasteiger partial charge < -0.3 is 10.2 Å². The van der Waals surface area contributed by atoms with E-state index in [1.165, 1.54) is 17.0 Å². The van der Waals surface area contributed by atoms with Crippen LogP contribution in [-0.2, 0) is 9.59 Å². The molecule has 1 N–H and O–H groups in total. The highest BCUT2D eigenvalue weighted by molar-refractivity contribution is 5.98. The lowest BCUT2D eigenvalue weighted by atomic mass is 9.81.